The fourth-order valence-corrected chi connectivity index (χ4v) is 2.31. The number of nitrogens with zero attached hydrogens (tertiary/aromatic N) is 3. The van der Waals surface area contributed by atoms with Crippen LogP contribution in [0.4, 0.5) is 0 Å². The molecule has 0 fully saturated rings. The maximum Gasteiger partial charge on any atom is 0.263 e. The normalized spacial score (nSPS) is 12.0. The number of carbonyl (C=O) groups is 1. The summed E-state index contributed by atoms with van der Waals surface area (Å²) in [5, 5.41) is 4.68. The number of aromatic nitrogens is 2. The minimum Gasteiger partial charge on any atom is -0.462 e. The maximum atomic E-state index is 12.2. The van der Waals surface area contributed by atoms with Gasteiger partial charge in [0.1, 0.15) is 5.02 Å². The highest BCUT2D eigenvalue weighted by Crippen LogP contribution is 2.25. The van der Waals surface area contributed by atoms with E-state index in [1.54, 1.807) is 22.7 Å². The Bertz CT molecular complexity index is 624. The molecule has 2 aromatic rings. The third-order valence-corrected chi connectivity index (χ3v) is 3.63. The highest BCUT2D eigenvalue weighted by Gasteiger charge is 2.22. The van der Waals surface area contributed by atoms with Crippen LogP contribution < -0.4 is 4.74 Å². The number of hydrogen-bond acceptors (Lipinski definition) is 3. The van der Waals surface area contributed by atoms with Gasteiger partial charge in [0.25, 0.3) is 11.8 Å². The summed E-state index contributed by atoms with van der Waals surface area (Å²) in [4.78, 5) is 13.9. The van der Waals surface area contributed by atoms with E-state index in [9.17, 15) is 4.79 Å². The van der Waals surface area contributed by atoms with Crippen LogP contribution >= 0.6 is 11.6 Å². The first-order valence-electron chi connectivity index (χ1n) is 7.32. The number of carbonyl (C=O) groups excluding carboxylic acids is 1. The number of halogens is 1. The van der Waals surface area contributed by atoms with E-state index in [2.05, 4.69) is 5.10 Å². The van der Waals surface area contributed by atoms with Gasteiger partial charge in [-0.25, -0.2) is 4.68 Å². The van der Waals surface area contributed by atoms with Crippen molar-refractivity contribution in [2.75, 3.05) is 13.1 Å². The molecule has 0 unspecified atom stereocenters. The number of amides is 1. The molecule has 0 saturated heterocycles. The highest BCUT2D eigenvalue weighted by molar-refractivity contribution is 6.31. The zero-order valence-corrected chi connectivity index (χ0v) is 13.7. The van der Waals surface area contributed by atoms with Crippen LogP contribution in [0.15, 0.2) is 36.5 Å². The van der Waals surface area contributed by atoms with E-state index in [1.807, 2.05) is 44.2 Å². The van der Waals surface area contributed by atoms with Gasteiger partial charge < -0.3 is 9.64 Å². The van der Waals surface area contributed by atoms with E-state index in [1.165, 1.54) is 0 Å². The van der Waals surface area contributed by atoms with Gasteiger partial charge in [0.15, 0.2) is 6.10 Å². The summed E-state index contributed by atoms with van der Waals surface area (Å²) in [5.74, 6) is 0.189. The SMILES string of the molecule is CCN(CC)C(=O)[C@@H](C)Oc1nn(-c2ccccc2)cc1Cl. The molecule has 0 radical (unpaired) electrons. The molecule has 1 aromatic heterocycles. The Kier molecular flexibility index (Phi) is 5.44. The molecule has 1 atom stereocenters. The highest BCUT2D eigenvalue weighted by atomic mass is 35.5. The van der Waals surface area contributed by atoms with Crippen molar-refractivity contribution in [2.24, 2.45) is 0 Å². The van der Waals surface area contributed by atoms with Crippen molar-refractivity contribution >= 4 is 17.5 Å². The monoisotopic (exact) mass is 321 g/mol. The third kappa shape index (κ3) is 3.60. The number of rotatable bonds is 6. The fraction of sp³-hybridized carbons (Fsp3) is 0.375. The third-order valence-electron chi connectivity index (χ3n) is 3.37. The quantitative estimate of drug-likeness (QED) is 0.821. The van der Waals surface area contributed by atoms with E-state index >= 15 is 0 Å². The lowest BCUT2D eigenvalue weighted by Crippen LogP contribution is -2.40. The Morgan fingerprint density at radius 2 is 1.95 bits per heavy atom. The summed E-state index contributed by atoms with van der Waals surface area (Å²) in [6.07, 6.45) is 1.04. The van der Waals surface area contributed by atoms with Crippen molar-refractivity contribution in [3.05, 3.63) is 41.6 Å². The molecule has 0 aliphatic heterocycles. The van der Waals surface area contributed by atoms with E-state index < -0.39 is 6.10 Å². The van der Waals surface area contributed by atoms with Gasteiger partial charge >= 0.3 is 0 Å². The van der Waals surface area contributed by atoms with Crippen LogP contribution in [0, 0.1) is 0 Å². The maximum absolute atomic E-state index is 12.2. The second-order valence-corrected chi connectivity index (χ2v) is 5.24. The largest absolute Gasteiger partial charge is 0.462 e. The van der Waals surface area contributed by atoms with Crippen LogP contribution in [0.2, 0.25) is 5.02 Å². The molecule has 118 valence electrons. The Hall–Kier alpha value is -2.01. The van der Waals surface area contributed by atoms with Crippen LogP contribution in [0.25, 0.3) is 5.69 Å². The van der Waals surface area contributed by atoms with Gasteiger partial charge in [-0.3, -0.25) is 4.79 Å². The number of hydrogen-bond donors (Lipinski definition) is 0. The Balaban J connectivity index is 2.14. The van der Waals surface area contributed by atoms with Gasteiger partial charge in [0, 0.05) is 13.1 Å². The molecular weight excluding hydrogens is 302 g/mol. The minimum absolute atomic E-state index is 0.0738. The summed E-state index contributed by atoms with van der Waals surface area (Å²) in [7, 11) is 0. The first-order chi connectivity index (χ1) is 10.6. The topological polar surface area (TPSA) is 47.4 Å². The van der Waals surface area contributed by atoms with Crippen LogP contribution in [-0.4, -0.2) is 39.8 Å². The molecule has 0 N–H and O–H groups in total. The predicted molar refractivity (Wildman–Crippen MR) is 86.6 cm³/mol. The Morgan fingerprint density at radius 1 is 1.32 bits per heavy atom. The van der Waals surface area contributed by atoms with Crippen molar-refractivity contribution in [1.82, 2.24) is 14.7 Å². The summed E-state index contributed by atoms with van der Waals surface area (Å²) >= 11 is 6.16. The molecule has 22 heavy (non-hydrogen) atoms. The Morgan fingerprint density at radius 3 is 2.55 bits per heavy atom. The molecule has 1 aromatic carbocycles. The van der Waals surface area contributed by atoms with Gasteiger partial charge in [-0.15, -0.1) is 5.10 Å². The summed E-state index contributed by atoms with van der Waals surface area (Å²) in [6.45, 7) is 6.87. The number of para-hydroxylation sites is 1. The molecule has 0 aliphatic carbocycles. The van der Waals surface area contributed by atoms with Gasteiger partial charge in [0.2, 0.25) is 0 Å². The molecule has 6 heteroatoms. The molecule has 2 rings (SSSR count). The number of ether oxygens (including phenoxy) is 1. The van der Waals surface area contributed by atoms with E-state index in [-0.39, 0.29) is 11.8 Å². The van der Waals surface area contributed by atoms with Crippen molar-refractivity contribution in [2.45, 2.75) is 26.9 Å². The van der Waals surface area contributed by atoms with Gasteiger partial charge in [-0.05, 0) is 32.9 Å². The molecule has 1 amide bonds. The second-order valence-electron chi connectivity index (χ2n) is 4.83. The van der Waals surface area contributed by atoms with Crippen molar-refractivity contribution in [3.8, 4) is 11.6 Å². The molecule has 5 nitrogen and oxygen atoms in total. The summed E-state index contributed by atoms with van der Waals surface area (Å²) < 4.78 is 7.27. The van der Waals surface area contributed by atoms with Crippen molar-refractivity contribution < 1.29 is 9.53 Å². The van der Waals surface area contributed by atoms with E-state index in [0.717, 1.165) is 5.69 Å². The minimum atomic E-state index is -0.628. The lowest BCUT2D eigenvalue weighted by atomic mass is 10.3. The van der Waals surface area contributed by atoms with Crippen LogP contribution in [0.1, 0.15) is 20.8 Å². The van der Waals surface area contributed by atoms with Gasteiger partial charge in [-0.1, -0.05) is 29.8 Å². The van der Waals surface area contributed by atoms with Crippen LogP contribution in [0.5, 0.6) is 5.88 Å². The van der Waals surface area contributed by atoms with E-state index in [4.69, 9.17) is 16.3 Å². The van der Waals surface area contributed by atoms with Crippen molar-refractivity contribution in [1.29, 1.82) is 0 Å². The molecule has 0 saturated carbocycles. The lowest BCUT2D eigenvalue weighted by molar-refractivity contribution is -0.137. The van der Waals surface area contributed by atoms with Gasteiger partial charge in [-0.2, -0.15) is 0 Å². The molecule has 0 spiro atoms. The summed E-state index contributed by atoms with van der Waals surface area (Å²) in [5.41, 5.74) is 0.877. The predicted octanol–water partition coefficient (Wildman–Crippen LogP) is 3.16. The second kappa shape index (κ2) is 7.31. The number of likely N-dealkylation sites (N-methyl/N-ethyl adjacent to an activating group) is 1. The first-order valence-corrected chi connectivity index (χ1v) is 7.70. The molecular formula is C16H20ClN3O2. The summed E-state index contributed by atoms with van der Waals surface area (Å²) in [6, 6.07) is 9.59. The molecule has 0 aliphatic rings. The standard InChI is InChI=1S/C16H20ClN3O2/c1-4-19(5-2)16(21)12(3)22-15-14(17)11-20(18-15)13-9-7-6-8-10-13/h6-12H,4-5H2,1-3H3/t12-/m1/s1. The zero-order valence-electron chi connectivity index (χ0n) is 13.0. The lowest BCUT2D eigenvalue weighted by Gasteiger charge is -2.22. The van der Waals surface area contributed by atoms with Crippen LogP contribution in [-0.2, 0) is 4.79 Å². The first kappa shape index (κ1) is 16.4. The van der Waals surface area contributed by atoms with Crippen LogP contribution in [0.3, 0.4) is 0 Å². The number of benzene rings is 1. The van der Waals surface area contributed by atoms with Gasteiger partial charge in [0.05, 0.1) is 11.9 Å². The van der Waals surface area contributed by atoms with E-state index in [0.29, 0.717) is 18.1 Å². The smallest absolute Gasteiger partial charge is 0.263 e. The zero-order chi connectivity index (χ0) is 16.1. The average Bonchev–Trinajstić information content (AvgIpc) is 2.90. The average molecular weight is 322 g/mol. The fourth-order valence-electron chi connectivity index (χ4n) is 2.14. The van der Waals surface area contributed by atoms with Crippen molar-refractivity contribution in [3.63, 3.8) is 0 Å². The Labute approximate surface area is 135 Å². The molecule has 0 bridgehead atoms. The molecule has 1 heterocycles.